The first-order chi connectivity index (χ1) is 24.3. The zero-order valence-corrected chi connectivity index (χ0v) is 34.3. The number of ketones is 1. The number of hydrogen-bond donors (Lipinski definition) is 4. The zero-order chi connectivity index (χ0) is 40.6. The maximum Gasteiger partial charge on any atom is 0.311 e. The van der Waals surface area contributed by atoms with Crippen LogP contribution in [0.1, 0.15) is 94.9 Å². The first-order valence-electron chi connectivity index (χ1n) is 19.1. The quantitative estimate of drug-likeness (QED) is 0.160. The number of hydroxylamine groups is 3. The molecule has 0 aromatic rings. The van der Waals surface area contributed by atoms with Crippen LogP contribution in [-0.4, -0.2) is 149 Å². The molecule has 0 amide bonds. The monoisotopic (exact) mass is 763 g/mol. The number of carbonyl (C=O) groups excluding carboxylic acids is 2. The Labute approximate surface area is 315 Å². The Kier molecular flexibility index (Phi) is 15.1. The minimum atomic E-state index is -1.99. The first kappa shape index (κ1) is 46.0. The lowest BCUT2D eigenvalue weighted by atomic mass is 9.74. The van der Waals surface area contributed by atoms with Crippen LogP contribution in [0.3, 0.4) is 0 Å². The highest BCUT2D eigenvalue weighted by atomic mass is 16.7. The Balaban J connectivity index is 2.23. The third-order valence-electron chi connectivity index (χ3n) is 12.4. The molecule has 0 aliphatic carbocycles. The number of Topliss-reactive ketones (excluding diaryl/α,β-unsaturated/α-hetero) is 1. The van der Waals surface area contributed by atoms with Crippen LogP contribution in [-0.2, 0) is 42.7 Å². The number of esters is 1. The van der Waals surface area contributed by atoms with Gasteiger partial charge in [0.1, 0.15) is 29.6 Å². The molecule has 3 aliphatic rings. The number of rotatable bonds is 8. The smallest absolute Gasteiger partial charge is 0.311 e. The standard InChI is InChI=1S/C38H69NO14/c1-15-26-38(10,45)31(42)21(4)28(40)19(2)17-37(9,48-14)33(53-35-29(41)25(39(11,12)46)16-20(3)49-35)22(5)30(23(6)34(44)51-26)52-27-18-36(8,47-13)32(43)24(7)50-27/h19-27,29-33,35,41-43,45H,15-18H2,1-14H3/t19-,20+,21+,22+,23-,24+,25-,26-,27+,29+,30+,31-,32+,33-,35-,36-,37-,38-/m0/s1. The predicted octanol–water partition coefficient (Wildman–Crippen LogP) is 2.45. The van der Waals surface area contributed by atoms with Gasteiger partial charge >= 0.3 is 5.97 Å². The molecule has 3 fully saturated rings. The summed E-state index contributed by atoms with van der Waals surface area (Å²) < 4.78 is 42.8. The SMILES string of the molecule is CC[C@@H]1OC(=O)[C@@H](C)[C@H](O[C@@H]2C[C@](C)(OC)[C@H](O)[C@@H](C)O2)[C@@H](C)[C@H](O[C@@H]2O[C@H](C)C[C@H]([N+](C)(C)[O-])[C@H]2O)[C@@](C)(OC)C[C@H](C)C(=O)[C@@H](C)[C@H](O)[C@@]1(C)O. The molecular weight excluding hydrogens is 694 g/mol. The van der Waals surface area contributed by atoms with E-state index in [9.17, 15) is 35.2 Å². The lowest BCUT2D eigenvalue weighted by Gasteiger charge is -2.51. The summed E-state index contributed by atoms with van der Waals surface area (Å²) in [6.45, 7) is 16.6. The van der Waals surface area contributed by atoms with E-state index in [1.165, 1.54) is 42.2 Å². The molecular formula is C38H69NO14. The van der Waals surface area contributed by atoms with Crippen molar-refractivity contribution in [2.24, 2.45) is 23.7 Å². The average molecular weight is 764 g/mol. The lowest BCUT2D eigenvalue weighted by Crippen LogP contribution is -2.63. The molecule has 15 heteroatoms. The summed E-state index contributed by atoms with van der Waals surface area (Å²) >= 11 is 0. The third-order valence-corrected chi connectivity index (χ3v) is 12.4. The van der Waals surface area contributed by atoms with Gasteiger partial charge in [-0.2, -0.15) is 0 Å². The minimum Gasteiger partial charge on any atom is -0.633 e. The van der Waals surface area contributed by atoms with E-state index in [-0.39, 0.29) is 31.5 Å². The lowest BCUT2D eigenvalue weighted by molar-refractivity contribution is -0.874. The van der Waals surface area contributed by atoms with E-state index >= 15 is 0 Å². The minimum absolute atomic E-state index is 0.0507. The van der Waals surface area contributed by atoms with Crippen LogP contribution in [0, 0.1) is 28.9 Å². The summed E-state index contributed by atoms with van der Waals surface area (Å²) in [6, 6.07) is -0.788. The van der Waals surface area contributed by atoms with Crippen LogP contribution in [0.15, 0.2) is 0 Å². The maximum absolute atomic E-state index is 14.2. The normalized spacial score (nSPS) is 48.5. The van der Waals surface area contributed by atoms with Crippen molar-refractivity contribution in [2.45, 2.75) is 179 Å². The van der Waals surface area contributed by atoms with Gasteiger partial charge in [-0.3, -0.25) is 9.59 Å². The molecule has 0 saturated carbocycles. The van der Waals surface area contributed by atoms with Crippen molar-refractivity contribution in [3.63, 3.8) is 0 Å². The average Bonchev–Trinajstić information content (AvgIpc) is 3.08. The number of cyclic esters (lactones) is 1. The number of quaternary nitrogens is 1. The van der Waals surface area contributed by atoms with Crippen molar-refractivity contribution < 1.29 is 67.8 Å². The Bertz CT molecular complexity index is 1230. The second-order valence-electron chi connectivity index (χ2n) is 17.1. The van der Waals surface area contributed by atoms with E-state index in [2.05, 4.69) is 0 Å². The highest BCUT2D eigenvalue weighted by Gasteiger charge is 2.54. The van der Waals surface area contributed by atoms with E-state index in [4.69, 9.17) is 33.2 Å². The summed E-state index contributed by atoms with van der Waals surface area (Å²) in [7, 11) is 5.84. The number of ether oxygens (including phenoxy) is 7. The van der Waals surface area contributed by atoms with Gasteiger partial charge in [0.2, 0.25) is 0 Å². The van der Waals surface area contributed by atoms with Gasteiger partial charge in [-0.05, 0) is 54.4 Å². The van der Waals surface area contributed by atoms with Crippen molar-refractivity contribution in [1.82, 2.24) is 0 Å². The molecule has 3 aliphatic heterocycles. The predicted molar refractivity (Wildman–Crippen MR) is 193 cm³/mol. The fraction of sp³-hybridized carbons (Fsp3) is 0.947. The molecule has 0 unspecified atom stereocenters. The molecule has 0 spiro atoms. The number of likely N-dealkylation sites (N-methyl/N-ethyl adjacent to an activating group) is 1. The van der Waals surface area contributed by atoms with E-state index in [0.717, 1.165) is 0 Å². The van der Waals surface area contributed by atoms with Gasteiger partial charge in [0.05, 0.1) is 61.7 Å². The van der Waals surface area contributed by atoms with Crippen LogP contribution in [0.5, 0.6) is 0 Å². The van der Waals surface area contributed by atoms with Gasteiger partial charge in [0.15, 0.2) is 18.7 Å². The number of carbonyl (C=O) groups is 2. The third kappa shape index (κ3) is 9.80. The summed E-state index contributed by atoms with van der Waals surface area (Å²) in [5, 5.41) is 58.7. The second-order valence-corrected chi connectivity index (χ2v) is 17.1. The molecule has 53 heavy (non-hydrogen) atoms. The number of aliphatic hydroxyl groups excluding tert-OH is 3. The van der Waals surface area contributed by atoms with E-state index in [1.54, 1.807) is 55.4 Å². The largest absolute Gasteiger partial charge is 0.633 e. The second kappa shape index (κ2) is 17.4. The van der Waals surface area contributed by atoms with E-state index in [1.807, 2.05) is 0 Å². The van der Waals surface area contributed by atoms with E-state index in [0.29, 0.717) is 0 Å². The van der Waals surface area contributed by atoms with Crippen LogP contribution in [0.4, 0.5) is 0 Å². The van der Waals surface area contributed by atoms with Gasteiger partial charge in [0, 0.05) is 44.8 Å². The topological polar surface area (TPSA) is 203 Å². The fourth-order valence-corrected chi connectivity index (χ4v) is 8.69. The van der Waals surface area contributed by atoms with Crippen molar-refractivity contribution in [3.05, 3.63) is 5.21 Å². The van der Waals surface area contributed by atoms with Gasteiger partial charge in [0.25, 0.3) is 0 Å². The summed E-state index contributed by atoms with van der Waals surface area (Å²) in [5.41, 5.74) is -4.38. The van der Waals surface area contributed by atoms with Crippen LogP contribution in [0.25, 0.3) is 0 Å². The van der Waals surface area contributed by atoms with Gasteiger partial charge in [-0.25, -0.2) is 0 Å². The van der Waals surface area contributed by atoms with Crippen molar-refractivity contribution in [2.75, 3.05) is 28.3 Å². The number of nitrogens with zero attached hydrogens (tertiary/aromatic N) is 1. The van der Waals surface area contributed by atoms with Crippen molar-refractivity contribution in [3.8, 4) is 0 Å². The molecule has 3 saturated heterocycles. The Morgan fingerprint density at radius 3 is 1.98 bits per heavy atom. The molecule has 0 radical (unpaired) electrons. The summed E-state index contributed by atoms with van der Waals surface area (Å²) in [5.74, 6) is -4.76. The Hall–Kier alpha value is -1.34. The number of aliphatic hydroxyl groups is 4. The molecule has 310 valence electrons. The molecule has 0 bridgehead atoms. The number of hydrogen-bond acceptors (Lipinski definition) is 14. The number of methoxy groups -OCH3 is 2. The molecule has 3 heterocycles. The fourth-order valence-electron chi connectivity index (χ4n) is 8.69. The molecule has 0 aromatic carbocycles. The van der Waals surface area contributed by atoms with Gasteiger partial charge in [-0.1, -0.05) is 27.7 Å². The molecule has 3 rings (SSSR count). The van der Waals surface area contributed by atoms with Crippen LogP contribution >= 0.6 is 0 Å². The highest BCUT2D eigenvalue weighted by molar-refractivity contribution is 5.83. The highest BCUT2D eigenvalue weighted by Crippen LogP contribution is 2.42. The zero-order valence-electron chi connectivity index (χ0n) is 34.3. The summed E-state index contributed by atoms with van der Waals surface area (Å²) in [4.78, 5) is 28.2. The van der Waals surface area contributed by atoms with Crippen molar-refractivity contribution in [1.29, 1.82) is 0 Å². The maximum atomic E-state index is 14.2. The van der Waals surface area contributed by atoms with Gasteiger partial charge < -0.3 is 63.4 Å². The van der Waals surface area contributed by atoms with Crippen LogP contribution in [0.2, 0.25) is 0 Å². The van der Waals surface area contributed by atoms with E-state index < -0.39 is 119 Å². The van der Waals surface area contributed by atoms with Gasteiger partial charge in [-0.15, -0.1) is 0 Å². The molecule has 4 N–H and O–H groups in total. The van der Waals surface area contributed by atoms with Crippen molar-refractivity contribution >= 4 is 11.8 Å². The molecule has 18 atom stereocenters. The van der Waals surface area contributed by atoms with Crippen LogP contribution < -0.4 is 0 Å². The first-order valence-corrected chi connectivity index (χ1v) is 19.1. The Morgan fingerprint density at radius 1 is 0.868 bits per heavy atom. The summed E-state index contributed by atoms with van der Waals surface area (Å²) in [6.07, 6.45) is -10.1. The molecule has 0 aromatic heterocycles. The Morgan fingerprint density at radius 2 is 1.45 bits per heavy atom. The molecule has 15 nitrogen and oxygen atoms in total.